The van der Waals surface area contributed by atoms with Gasteiger partial charge in [0, 0.05) is 18.8 Å². The van der Waals surface area contributed by atoms with Gasteiger partial charge in [-0.15, -0.1) is 0 Å². The second-order valence-corrected chi connectivity index (χ2v) is 3.27. The maximum Gasteiger partial charge on any atom is 0.330 e. The lowest BCUT2D eigenvalue weighted by molar-refractivity contribution is -0.126. The summed E-state index contributed by atoms with van der Waals surface area (Å²) >= 11 is 0. The first-order valence-electron chi connectivity index (χ1n) is 4.14. The van der Waals surface area contributed by atoms with Gasteiger partial charge in [0.1, 0.15) is 0 Å². The second-order valence-electron chi connectivity index (χ2n) is 3.27. The van der Waals surface area contributed by atoms with E-state index in [4.69, 9.17) is 0 Å². The van der Waals surface area contributed by atoms with Gasteiger partial charge < -0.3 is 5.73 Å². The largest absolute Gasteiger partial charge is 0.350 e. The summed E-state index contributed by atoms with van der Waals surface area (Å²) in [6, 6.07) is -0.928. The maximum absolute atomic E-state index is 12.7. The molecule has 5 nitrogen and oxygen atoms in total. The van der Waals surface area contributed by atoms with Gasteiger partial charge in [0.05, 0.1) is 0 Å². The normalized spacial score (nSPS) is 24.3. The minimum atomic E-state index is -2.77. The van der Waals surface area contributed by atoms with Crippen molar-refractivity contribution in [2.45, 2.75) is 25.2 Å². The first kappa shape index (κ1) is 10.7. The van der Waals surface area contributed by atoms with Crippen molar-refractivity contribution in [3.8, 4) is 0 Å². The zero-order valence-corrected chi connectivity index (χ0v) is 7.35. The van der Waals surface area contributed by atoms with Crippen molar-refractivity contribution >= 4 is 11.9 Å². The molecule has 80 valence electrons. The van der Waals surface area contributed by atoms with Crippen molar-refractivity contribution < 1.29 is 18.4 Å². The molecule has 3 amide bonds. The van der Waals surface area contributed by atoms with Gasteiger partial charge in [-0.3, -0.25) is 10.2 Å². The van der Waals surface area contributed by atoms with Crippen LogP contribution in [0.4, 0.5) is 13.6 Å². The lowest BCUT2D eigenvalue weighted by Gasteiger charge is -2.10. The van der Waals surface area contributed by atoms with E-state index in [1.54, 1.807) is 0 Å². The third-order valence-electron chi connectivity index (χ3n) is 2.08. The lowest BCUT2D eigenvalue weighted by atomic mass is 10.1. The number of amides is 3. The van der Waals surface area contributed by atoms with E-state index in [2.05, 4.69) is 5.73 Å². The second kappa shape index (κ2) is 3.77. The van der Waals surface area contributed by atoms with Crippen LogP contribution in [0.15, 0.2) is 0 Å². The Balaban J connectivity index is 2.36. The molecule has 7 heteroatoms. The van der Waals surface area contributed by atoms with Crippen LogP contribution in [0.2, 0.25) is 0 Å². The molecule has 1 saturated carbocycles. The van der Waals surface area contributed by atoms with Gasteiger partial charge >= 0.3 is 6.03 Å². The number of carbonyl (C=O) groups excluding carboxylic acids is 2. The van der Waals surface area contributed by atoms with E-state index in [-0.39, 0.29) is 12.8 Å². The smallest absolute Gasteiger partial charge is 0.330 e. The van der Waals surface area contributed by atoms with Crippen molar-refractivity contribution in [3.05, 3.63) is 0 Å². The molecule has 14 heavy (non-hydrogen) atoms. The van der Waals surface area contributed by atoms with E-state index >= 15 is 0 Å². The molecule has 0 bridgehead atoms. The molecule has 1 rings (SSSR count). The molecule has 1 fully saturated rings. The van der Waals surface area contributed by atoms with Crippen LogP contribution in [0.3, 0.4) is 0 Å². The van der Waals surface area contributed by atoms with E-state index in [0.717, 1.165) is 0 Å². The standard InChI is InChI=1S/C7H11F2N3O2/c8-7(9)2-1-4(3-7)5(13)11-12-6(10)14/h4H,1-3H2,(H,11,13)(H3,10,12,14). The molecule has 0 aromatic rings. The maximum atomic E-state index is 12.7. The lowest BCUT2D eigenvalue weighted by Crippen LogP contribution is -2.46. The van der Waals surface area contributed by atoms with Gasteiger partial charge in [-0.05, 0) is 6.42 Å². The molecule has 4 N–H and O–H groups in total. The van der Waals surface area contributed by atoms with Crippen molar-refractivity contribution in [1.82, 2.24) is 10.9 Å². The Bertz CT molecular complexity index is 257. The average Bonchev–Trinajstić information content (AvgIpc) is 2.41. The predicted molar refractivity (Wildman–Crippen MR) is 43.1 cm³/mol. The third kappa shape index (κ3) is 2.82. The Morgan fingerprint density at radius 3 is 2.43 bits per heavy atom. The highest BCUT2D eigenvalue weighted by atomic mass is 19.3. The van der Waals surface area contributed by atoms with Crippen LogP contribution < -0.4 is 16.6 Å². The molecule has 1 atom stereocenters. The van der Waals surface area contributed by atoms with E-state index in [0.29, 0.717) is 0 Å². The third-order valence-corrected chi connectivity index (χ3v) is 2.08. The summed E-state index contributed by atoms with van der Waals surface area (Å²) in [6.07, 6.45) is -0.639. The molecule has 1 aliphatic carbocycles. The highest BCUT2D eigenvalue weighted by molar-refractivity contribution is 5.82. The van der Waals surface area contributed by atoms with Gasteiger partial charge in [0.2, 0.25) is 11.8 Å². The van der Waals surface area contributed by atoms with Crippen LogP contribution in [0, 0.1) is 5.92 Å². The topological polar surface area (TPSA) is 84.2 Å². The SMILES string of the molecule is NC(=O)NNC(=O)C1CCC(F)(F)C1. The van der Waals surface area contributed by atoms with Crippen molar-refractivity contribution in [3.63, 3.8) is 0 Å². The van der Waals surface area contributed by atoms with Crippen LogP contribution in [-0.4, -0.2) is 17.9 Å². The van der Waals surface area contributed by atoms with Crippen molar-refractivity contribution in [2.24, 2.45) is 11.7 Å². The van der Waals surface area contributed by atoms with Gasteiger partial charge in [-0.1, -0.05) is 0 Å². The molecule has 0 saturated heterocycles. The molecule has 0 aromatic carbocycles. The molecule has 0 heterocycles. The van der Waals surface area contributed by atoms with Crippen LogP contribution in [0.1, 0.15) is 19.3 Å². The van der Waals surface area contributed by atoms with E-state index in [1.165, 1.54) is 0 Å². The number of hydrazine groups is 1. The monoisotopic (exact) mass is 207 g/mol. The highest BCUT2D eigenvalue weighted by Gasteiger charge is 2.42. The van der Waals surface area contributed by atoms with Crippen LogP contribution >= 0.6 is 0 Å². The van der Waals surface area contributed by atoms with Gasteiger partial charge in [0.15, 0.2) is 0 Å². The number of alkyl halides is 2. The zero-order valence-electron chi connectivity index (χ0n) is 7.35. The highest BCUT2D eigenvalue weighted by Crippen LogP contribution is 2.38. The number of halogens is 2. The fourth-order valence-electron chi connectivity index (χ4n) is 1.40. The van der Waals surface area contributed by atoms with Gasteiger partial charge in [-0.25, -0.2) is 19.0 Å². The summed E-state index contributed by atoms with van der Waals surface area (Å²) in [5, 5.41) is 0. The van der Waals surface area contributed by atoms with E-state index in [9.17, 15) is 18.4 Å². The number of hydrogen-bond acceptors (Lipinski definition) is 2. The minimum absolute atomic E-state index is 0.124. The number of nitrogens with one attached hydrogen (secondary N) is 2. The van der Waals surface area contributed by atoms with Gasteiger partial charge in [0.25, 0.3) is 0 Å². The summed E-state index contributed by atoms with van der Waals surface area (Å²) in [6.45, 7) is 0. The molecule has 1 unspecified atom stereocenters. The molecular weight excluding hydrogens is 196 g/mol. The van der Waals surface area contributed by atoms with Crippen LogP contribution in [0.5, 0.6) is 0 Å². The quantitative estimate of drug-likeness (QED) is 0.533. The molecule has 0 radical (unpaired) electrons. The molecular formula is C7H11F2N3O2. The predicted octanol–water partition coefficient (Wildman–Crippen LogP) is 0.121. The number of hydrogen-bond donors (Lipinski definition) is 3. The summed E-state index contributed by atoms with van der Waals surface area (Å²) in [7, 11) is 0. The number of rotatable bonds is 1. The zero-order chi connectivity index (χ0) is 10.8. The van der Waals surface area contributed by atoms with E-state index < -0.39 is 30.2 Å². The number of primary amides is 1. The summed E-state index contributed by atoms with van der Waals surface area (Å²) in [5.74, 6) is -4.15. The fourth-order valence-corrected chi connectivity index (χ4v) is 1.40. The summed E-state index contributed by atoms with van der Waals surface area (Å²) < 4.78 is 25.3. The fraction of sp³-hybridized carbons (Fsp3) is 0.714. The Kier molecular flexibility index (Phi) is 2.87. The Morgan fingerprint density at radius 2 is 2.00 bits per heavy atom. The average molecular weight is 207 g/mol. The van der Waals surface area contributed by atoms with E-state index in [1.807, 2.05) is 10.9 Å². The molecule has 0 spiro atoms. The van der Waals surface area contributed by atoms with Crippen molar-refractivity contribution in [2.75, 3.05) is 0 Å². The van der Waals surface area contributed by atoms with Crippen molar-refractivity contribution in [1.29, 1.82) is 0 Å². The first-order valence-corrected chi connectivity index (χ1v) is 4.14. The Morgan fingerprint density at radius 1 is 1.36 bits per heavy atom. The first-order chi connectivity index (χ1) is 6.41. The molecule has 0 aliphatic heterocycles. The van der Waals surface area contributed by atoms with Gasteiger partial charge in [-0.2, -0.15) is 0 Å². The molecule has 1 aliphatic rings. The summed E-state index contributed by atoms with van der Waals surface area (Å²) in [5.41, 5.74) is 8.49. The van der Waals surface area contributed by atoms with Crippen LogP contribution in [0.25, 0.3) is 0 Å². The van der Waals surface area contributed by atoms with Crippen LogP contribution in [-0.2, 0) is 4.79 Å². The minimum Gasteiger partial charge on any atom is -0.350 e. The number of urea groups is 1. The number of carbonyl (C=O) groups is 2. The Labute approximate surface area is 79.0 Å². The molecule has 0 aromatic heterocycles. The summed E-state index contributed by atoms with van der Waals surface area (Å²) in [4.78, 5) is 21.3. The Hall–Kier alpha value is -1.40. The number of nitrogens with two attached hydrogens (primary N) is 1.